The summed E-state index contributed by atoms with van der Waals surface area (Å²) in [7, 11) is 0. The zero-order chi connectivity index (χ0) is 38.5. The standard InChI is InChI=1S/C41H46N2O10/c1-22(2)35(45)49-21-40(6)29-18-31(52-37(47)25-12-10-24(19-42)11-13-25)41(7)34(39(29,5)15-14-30(40)51-36(46)23(3)4)33(44)32-28(53-41)17-27(50-38(32)48)26-9-8-16-43-20-26/h8-13,16-17,20,22-23,29-31,33-34,44H,14-15,18,21H2,1-7H3/t29?,30-,31-,33?,34?,39-,40-,41+/m0/s1. The van der Waals surface area contributed by atoms with Gasteiger partial charge in [-0.1, -0.05) is 41.5 Å². The van der Waals surface area contributed by atoms with E-state index in [4.69, 9.17) is 23.4 Å². The van der Waals surface area contributed by atoms with E-state index < -0.39 is 81.9 Å². The molecule has 12 heteroatoms. The molecular formula is C41H46N2O10. The molecule has 1 aliphatic heterocycles. The number of aliphatic hydroxyl groups excluding tert-OH is 1. The van der Waals surface area contributed by atoms with Gasteiger partial charge in [0.05, 0.1) is 35.1 Å². The highest BCUT2D eigenvalue weighted by Gasteiger charge is 2.71. The summed E-state index contributed by atoms with van der Waals surface area (Å²) in [5, 5.41) is 21.8. The van der Waals surface area contributed by atoms with Crippen molar-refractivity contribution in [2.24, 2.45) is 34.5 Å². The first-order valence-electron chi connectivity index (χ1n) is 18.1. The summed E-state index contributed by atoms with van der Waals surface area (Å²) in [5.41, 5.74) is -2.98. The van der Waals surface area contributed by atoms with Crippen molar-refractivity contribution in [1.29, 1.82) is 5.26 Å². The topological polar surface area (TPSA) is 175 Å². The van der Waals surface area contributed by atoms with Gasteiger partial charge >= 0.3 is 23.5 Å². The zero-order valence-electron chi connectivity index (χ0n) is 31.1. The highest BCUT2D eigenvalue weighted by molar-refractivity contribution is 5.89. The number of fused-ring (bicyclic) bond motifs is 4. The number of carbonyl (C=O) groups excluding carboxylic acids is 3. The van der Waals surface area contributed by atoms with Crippen LogP contribution in [0.2, 0.25) is 0 Å². The van der Waals surface area contributed by atoms with E-state index in [2.05, 4.69) is 4.98 Å². The molecule has 2 aliphatic carbocycles. The molecule has 53 heavy (non-hydrogen) atoms. The number of nitrogens with zero attached hydrogens (tertiary/aromatic N) is 2. The predicted octanol–water partition coefficient (Wildman–Crippen LogP) is 6.19. The van der Waals surface area contributed by atoms with Gasteiger partial charge in [0.25, 0.3) is 0 Å². The molecule has 0 saturated heterocycles. The largest absolute Gasteiger partial charge is 0.482 e. The highest BCUT2D eigenvalue weighted by Crippen LogP contribution is 2.67. The van der Waals surface area contributed by atoms with Crippen molar-refractivity contribution < 1.29 is 42.9 Å². The Bertz CT molecular complexity index is 1990. The molecule has 0 bridgehead atoms. The lowest BCUT2D eigenvalue weighted by molar-refractivity contribution is -0.267. The third-order valence-corrected chi connectivity index (χ3v) is 11.8. The lowest BCUT2D eigenvalue weighted by Crippen LogP contribution is -2.71. The quantitative estimate of drug-likeness (QED) is 0.206. The van der Waals surface area contributed by atoms with Crippen molar-refractivity contribution in [3.8, 4) is 23.1 Å². The summed E-state index contributed by atoms with van der Waals surface area (Å²) in [5.74, 6) is -3.39. The Balaban J connectivity index is 1.50. The van der Waals surface area contributed by atoms with Gasteiger partial charge in [0, 0.05) is 35.4 Å². The number of rotatable bonds is 8. The van der Waals surface area contributed by atoms with Crippen LogP contribution in [0.4, 0.5) is 0 Å². The van der Waals surface area contributed by atoms with Crippen molar-refractivity contribution in [3.05, 3.63) is 82.0 Å². The van der Waals surface area contributed by atoms with E-state index in [9.17, 15) is 29.5 Å². The Hall–Kier alpha value is -5.02. The second-order valence-electron chi connectivity index (χ2n) is 15.9. The van der Waals surface area contributed by atoms with Crippen molar-refractivity contribution >= 4 is 17.9 Å². The fourth-order valence-corrected chi connectivity index (χ4v) is 8.93. The van der Waals surface area contributed by atoms with Crippen LogP contribution in [0.1, 0.15) is 95.3 Å². The van der Waals surface area contributed by atoms with Crippen LogP contribution in [0.15, 0.2) is 64.1 Å². The molecule has 1 aromatic carbocycles. The van der Waals surface area contributed by atoms with Gasteiger partial charge in [-0.25, -0.2) is 9.59 Å². The molecule has 8 atom stereocenters. The Morgan fingerprint density at radius 1 is 1.02 bits per heavy atom. The minimum atomic E-state index is -1.43. The average Bonchev–Trinajstić information content (AvgIpc) is 3.12. The van der Waals surface area contributed by atoms with Crippen LogP contribution in [0.3, 0.4) is 0 Å². The van der Waals surface area contributed by atoms with Crippen LogP contribution in [-0.4, -0.2) is 52.4 Å². The number of carbonyl (C=O) groups is 3. The second kappa shape index (κ2) is 14.1. The molecule has 280 valence electrons. The van der Waals surface area contributed by atoms with E-state index in [-0.39, 0.29) is 35.7 Å². The maximum absolute atomic E-state index is 13.9. The Labute approximate surface area is 308 Å². The molecular weight excluding hydrogens is 680 g/mol. The van der Waals surface area contributed by atoms with Gasteiger partial charge in [-0.3, -0.25) is 14.6 Å². The maximum Gasteiger partial charge on any atom is 0.345 e. The Kier molecular flexibility index (Phi) is 10.0. The first-order chi connectivity index (χ1) is 25.0. The molecule has 0 amide bonds. The number of aliphatic hydroxyl groups is 1. The van der Waals surface area contributed by atoms with E-state index in [0.717, 1.165) is 0 Å². The average molecular weight is 727 g/mol. The number of aromatic nitrogens is 1. The molecule has 2 saturated carbocycles. The van der Waals surface area contributed by atoms with Crippen molar-refractivity contribution in [3.63, 3.8) is 0 Å². The minimum absolute atomic E-state index is 0.0551. The summed E-state index contributed by atoms with van der Waals surface area (Å²) in [6, 6.07) is 13.1. The molecule has 0 spiro atoms. The van der Waals surface area contributed by atoms with Gasteiger partial charge in [0.1, 0.15) is 41.5 Å². The Morgan fingerprint density at radius 2 is 1.72 bits per heavy atom. The summed E-state index contributed by atoms with van der Waals surface area (Å²) in [6.07, 6.45) is 0.985. The molecule has 0 radical (unpaired) electrons. The van der Waals surface area contributed by atoms with Gasteiger partial charge in [-0.15, -0.1) is 0 Å². The molecule has 3 aromatic rings. The van der Waals surface area contributed by atoms with Crippen LogP contribution in [-0.2, 0) is 23.8 Å². The molecule has 3 aliphatic rings. The fourth-order valence-electron chi connectivity index (χ4n) is 8.93. The van der Waals surface area contributed by atoms with E-state index in [1.54, 1.807) is 65.2 Å². The molecule has 2 fully saturated rings. The van der Waals surface area contributed by atoms with Crippen molar-refractivity contribution in [2.75, 3.05) is 6.61 Å². The van der Waals surface area contributed by atoms with Gasteiger partial charge in [-0.2, -0.15) is 5.26 Å². The number of pyridine rings is 1. The summed E-state index contributed by atoms with van der Waals surface area (Å²) < 4.78 is 31.0. The second-order valence-corrected chi connectivity index (χ2v) is 15.9. The molecule has 3 heterocycles. The summed E-state index contributed by atoms with van der Waals surface area (Å²) in [4.78, 5) is 57.8. The van der Waals surface area contributed by atoms with Gasteiger partial charge in [0.15, 0.2) is 0 Å². The van der Waals surface area contributed by atoms with Crippen LogP contribution in [0.5, 0.6) is 5.75 Å². The number of nitriles is 1. The van der Waals surface area contributed by atoms with Crippen LogP contribution in [0, 0.1) is 45.8 Å². The summed E-state index contributed by atoms with van der Waals surface area (Å²) >= 11 is 0. The van der Waals surface area contributed by atoms with E-state index in [1.165, 1.54) is 24.3 Å². The minimum Gasteiger partial charge on any atom is -0.482 e. The van der Waals surface area contributed by atoms with Gasteiger partial charge in [0.2, 0.25) is 0 Å². The maximum atomic E-state index is 13.9. The smallest absolute Gasteiger partial charge is 0.345 e. The number of ether oxygens (including phenoxy) is 4. The van der Waals surface area contributed by atoms with E-state index >= 15 is 0 Å². The van der Waals surface area contributed by atoms with Crippen LogP contribution >= 0.6 is 0 Å². The Morgan fingerprint density at radius 3 is 2.34 bits per heavy atom. The van der Waals surface area contributed by atoms with Crippen LogP contribution < -0.4 is 10.4 Å². The van der Waals surface area contributed by atoms with Gasteiger partial charge in [-0.05, 0) is 73.9 Å². The fraction of sp³-hybridized carbons (Fsp3) is 0.512. The monoisotopic (exact) mass is 726 g/mol. The highest BCUT2D eigenvalue weighted by atomic mass is 16.6. The lowest BCUT2D eigenvalue weighted by Gasteiger charge is -2.66. The van der Waals surface area contributed by atoms with E-state index in [0.29, 0.717) is 24.0 Å². The normalized spacial score (nSPS) is 30.2. The van der Waals surface area contributed by atoms with Crippen LogP contribution in [0.25, 0.3) is 11.3 Å². The van der Waals surface area contributed by atoms with Gasteiger partial charge < -0.3 is 28.5 Å². The lowest BCUT2D eigenvalue weighted by atomic mass is 9.42. The summed E-state index contributed by atoms with van der Waals surface area (Å²) in [6.45, 7) is 12.5. The number of benzene rings is 1. The third kappa shape index (κ3) is 6.60. The molecule has 12 nitrogen and oxygen atoms in total. The number of esters is 3. The molecule has 1 N–H and O–H groups in total. The van der Waals surface area contributed by atoms with Crippen molar-refractivity contribution in [1.82, 2.24) is 4.98 Å². The zero-order valence-corrected chi connectivity index (χ0v) is 31.1. The molecule has 6 rings (SSSR count). The predicted molar refractivity (Wildman–Crippen MR) is 190 cm³/mol. The first kappa shape index (κ1) is 37.7. The third-order valence-electron chi connectivity index (χ3n) is 11.8. The first-order valence-corrected chi connectivity index (χ1v) is 18.1. The SMILES string of the molecule is CC(C)C(=O)OC[C@@]1(C)C2C[C@H](OC(=O)c3ccc(C#N)cc3)[C@@]3(C)Oc4cc(-c5cccnc5)oc(=O)c4C(O)C3[C@@]2(C)CC[C@@H]1OC(=O)C(C)C. The molecule has 2 aromatic heterocycles. The van der Waals surface area contributed by atoms with E-state index in [1.807, 2.05) is 19.9 Å². The molecule has 3 unspecified atom stereocenters. The number of hydrogen-bond donors (Lipinski definition) is 1. The number of hydrogen-bond acceptors (Lipinski definition) is 12. The van der Waals surface area contributed by atoms with Crippen molar-refractivity contribution in [2.45, 2.75) is 91.6 Å².